The summed E-state index contributed by atoms with van der Waals surface area (Å²) in [6, 6.07) is 1.83. The van der Waals surface area contributed by atoms with E-state index < -0.39 is 22.0 Å². The monoisotopic (exact) mass is 261 g/mol. The van der Waals surface area contributed by atoms with E-state index in [4.69, 9.17) is 5.11 Å². The molecule has 1 aromatic rings. The molecule has 16 heavy (non-hydrogen) atoms. The zero-order valence-electron chi connectivity index (χ0n) is 8.29. The third-order valence-electron chi connectivity index (χ3n) is 1.76. The summed E-state index contributed by atoms with van der Waals surface area (Å²) in [5.74, 6) is -1.22. The Labute approximate surface area is 97.5 Å². The van der Waals surface area contributed by atoms with Crippen molar-refractivity contribution in [2.24, 2.45) is 0 Å². The van der Waals surface area contributed by atoms with Crippen molar-refractivity contribution in [2.45, 2.75) is 16.7 Å². The Morgan fingerprint density at radius 3 is 2.81 bits per heavy atom. The molecule has 1 unspecified atom stereocenters. The summed E-state index contributed by atoms with van der Waals surface area (Å²) in [6.07, 6.45) is 1.40. The molecule has 2 N–H and O–H groups in total. The molecule has 7 heteroatoms. The van der Waals surface area contributed by atoms with Crippen molar-refractivity contribution in [3.8, 4) is 0 Å². The Bertz CT molecular complexity index is 464. The predicted octanol–water partition coefficient (Wildman–Crippen LogP) is 1.06. The van der Waals surface area contributed by atoms with Crippen molar-refractivity contribution < 1.29 is 18.3 Å². The van der Waals surface area contributed by atoms with Gasteiger partial charge in [0.25, 0.3) is 10.0 Å². The molecule has 0 aliphatic carbocycles. The fourth-order valence-corrected chi connectivity index (χ4v) is 3.24. The number of sulfonamides is 1. The summed E-state index contributed by atoms with van der Waals surface area (Å²) in [5.41, 5.74) is 0. The van der Waals surface area contributed by atoms with Gasteiger partial charge in [-0.1, -0.05) is 12.1 Å². The van der Waals surface area contributed by atoms with Crippen LogP contribution in [-0.4, -0.2) is 25.5 Å². The summed E-state index contributed by atoms with van der Waals surface area (Å²) >= 11 is 1.03. The molecule has 0 bridgehead atoms. The van der Waals surface area contributed by atoms with Crippen molar-refractivity contribution in [3.63, 3.8) is 0 Å². The van der Waals surface area contributed by atoms with E-state index in [1.165, 1.54) is 12.1 Å². The van der Waals surface area contributed by atoms with Gasteiger partial charge in [-0.3, -0.25) is 4.79 Å². The first-order chi connectivity index (χ1) is 7.47. The number of hydrogen-bond donors (Lipinski definition) is 2. The molecule has 1 heterocycles. The van der Waals surface area contributed by atoms with Crippen LogP contribution < -0.4 is 4.72 Å². The Morgan fingerprint density at radius 2 is 2.38 bits per heavy atom. The van der Waals surface area contributed by atoms with Gasteiger partial charge in [-0.2, -0.15) is 4.72 Å². The van der Waals surface area contributed by atoms with Crippen LogP contribution in [0.15, 0.2) is 34.4 Å². The number of carboxylic acids is 1. The molecule has 1 aromatic heterocycles. The summed E-state index contributed by atoms with van der Waals surface area (Å²) in [5, 5.41) is 10.4. The number of carbonyl (C=O) groups is 1. The molecule has 0 amide bonds. The van der Waals surface area contributed by atoms with Gasteiger partial charge >= 0.3 is 5.97 Å². The number of nitrogens with one attached hydrogen (secondary N) is 1. The van der Waals surface area contributed by atoms with Gasteiger partial charge in [-0.25, -0.2) is 8.42 Å². The fourth-order valence-electron chi connectivity index (χ4n) is 1.03. The molecule has 0 saturated heterocycles. The SMILES string of the molecule is C=CCC(NS(=O)(=O)c1cccs1)C(=O)O. The largest absolute Gasteiger partial charge is 0.480 e. The quantitative estimate of drug-likeness (QED) is 0.750. The maximum Gasteiger partial charge on any atom is 0.322 e. The second-order valence-corrected chi connectivity index (χ2v) is 5.86. The third-order valence-corrected chi connectivity index (χ3v) is 4.63. The molecular weight excluding hydrogens is 250 g/mol. The lowest BCUT2D eigenvalue weighted by atomic mass is 10.2. The van der Waals surface area contributed by atoms with E-state index in [0.717, 1.165) is 11.3 Å². The average Bonchev–Trinajstić information content (AvgIpc) is 2.69. The molecule has 0 fully saturated rings. The van der Waals surface area contributed by atoms with E-state index in [1.807, 2.05) is 0 Å². The van der Waals surface area contributed by atoms with Crippen LogP contribution in [0.5, 0.6) is 0 Å². The Kier molecular flexibility index (Phi) is 4.22. The molecule has 0 spiro atoms. The van der Waals surface area contributed by atoms with E-state index in [2.05, 4.69) is 11.3 Å². The number of thiophene rings is 1. The summed E-state index contributed by atoms with van der Waals surface area (Å²) in [6.45, 7) is 3.38. The lowest BCUT2D eigenvalue weighted by molar-refractivity contribution is -0.138. The first kappa shape index (κ1) is 12.9. The third kappa shape index (κ3) is 3.16. The van der Waals surface area contributed by atoms with Crippen molar-refractivity contribution >= 4 is 27.3 Å². The maximum atomic E-state index is 11.7. The number of aliphatic carboxylic acids is 1. The highest BCUT2D eigenvalue weighted by atomic mass is 32.2. The average molecular weight is 261 g/mol. The van der Waals surface area contributed by atoms with Crippen LogP contribution in [0.2, 0.25) is 0 Å². The van der Waals surface area contributed by atoms with Crippen LogP contribution >= 0.6 is 11.3 Å². The van der Waals surface area contributed by atoms with Gasteiger partial charge in [0.05, 0.1) is 0 Å². The highest BCUT2D eigenvalue weighted by Crippen LogP contribution is 2.16. The Balaban J connectivity index is 2.86. The van der Waals surface area contributed by atoms with Gasteiger partial charge in [0.1, 0.15) is 10.3 Å². The molecule has 5 nitrogen and oxygen atoms in total. The molecule has 0 saturated carbocycles. The minimum absolute atomic E-state index is 0.0416. The highest BCUT2D eigenvalue weighted by molar-refractivity contribution is 7.91. The highest BCUT2D eigenvalue weighted by Gasteiger charge is 2.24. The number of carboxylic acid groups (broad SMARTS) is 1. The van der Waals surface area contributed by atoms with Crippen LogP contribution in [0.4, 0.5) is 0 Å². The summed E-state index contributed by atoms with van der Waals surface area (Å²) in [7, 11) is -3.74. The standard InChI is InChI=1S/C9H11NO4S2/c1-2-4-7(9(11)12)10-16(13,14)8-5-3-6-15-8/h2-3,5-7,10H,1,4H2,(H,11,12). The molecule has 1 rings (SSSR count). The van der Waals surface area contributed by atoms with E-state index in [0.29, 0.717) is 0 Å². The number of rotatable bonds is 6. The zero-order chi connectivity index (χ0) is 12.2. The van der Waals surface area contributed by atoms with Crippen LogP contribution in [0.25, 0.3) is 0 Å². The van der Waals surface area contributed by atoms with Crippen LogP contribution in [0.1, 0.15) is 6.42 Å². The minimum atomic E-state index is -3.74. The number of hydrogen-bond acceptors (Lipinski definition) is 4. The molecule has 0 aliphatic rings. The first-order valence-electron chi connectivity index (χ1n) is 4.37. The summed E-state index contributed by atoms with van der Waals surface area (Å²) < 4.78 is 25.6. The van der Waals surface area contributed by atoms with Gasteiger partial charge in [0.15, 0.2) is 0 Å². The zero-order valence-corrected chi connectivity index (χ0v) is 9.92. The van der Waals surface area contributed by atoms with Crippen molar-refractivity contribution in [3.05, 3.63) is 30.2 Å². The van der Waals surface area contributed by atoms with Gasteiger partial charge in [0, 0.05) is 0 Å². The predicted molar refractivity (Wildman–Crippen MR) is 60.9 cm³/mol. The van der Waals surface area contributed by atoms with Crippen LogP contribution in [-0.2, 0) is 14.8 Å². The molecular formula is C9H11NO4S2. The topological polar surface area (TPSA) is 83.5 Å². The van der Waals surface area contributed by atoms with Gasteiger partial charge in [-0.15, -0.1) is 17.9 Å². The molecule has 1 atom stereocenters. The lowest BCUT2D eigenvalue weighted by Gasteiger charge is -2.11. The smallest absolute Gasteiger partial charge is 0.322 e. The minimum Gasteiger partial charge on any atom is -0.480 e. The molecule has 0 aromatic carbocycles. The lowest BCUT2D eigenvalue weighted by Crippen LogP contribution is -2.40. The van der Waals surface area contributed by atoms with Gasteiger partial charge in [0.2, 0.25) is 0 Å². The maximum absolute atomic E-state index is 11.7. The molecule has 0 aliphatic heterocycles. The second kappa shape index (κ2) is 5.24. The first-order valence-corrected chi connectivity index (χ1v) is 6.73. The van der Waals surface area contributed by atoms with Crippen LogP contribution in [0.3, 0.4) is 0 Å². The Morgan fingerprint density at radius 1 is 1.69 bits per heavy atom. The van der Waals surface area contributed by atoms with Crippen molar-refractivity contribution in [1.29, 1.82) is 0 Å². The van der Waals surface area contributed by atoms with Gasteiger partial charge in [-0.05, 0) is 17.9 Å². The normalized spacial score (nSPS) is 13.2. The van der Waals surface area contributed by atoms with Crippen LogP contribution in [0, 0.1) is 0 Å². The molecule has 0 radical (unpaired) electrons. The van der Waals surface area contributed by atoms with Gasteiger partial charge < -0.3 is 5.11 Å². The Hall–Kier alpha value is -1.18. The second-order valence-electron chi connectivity index (χ2n) is 2.97. The van der Waals surface area contributed by atoms with Crippen molar-refractivity contribution in [1.82, 2.24) is 4.72 Å². The molecule has 88 valence electrons. The van der Waals surface area contributed by atoms with E-state index in [9.17, 15) is 13.2 Å². The fraction of sp³-hybridized carbons (Fsp3) is 0.222. The van der Waals surface area contributed by atoms with E-state index >= 15 is 0 Å². The summed E-state index contributed by atoms with van der Waals surface area (Å²) in [4.78, 5) is 10.8. The van der Waals surface area contributed by atoms with E-state index in [-0.39, 0.29) is 10.6 Å². The van der Waals surface area contributed by atoms with Crippen molar-refractivity contribution in [2.75, 3.05) is 0 Å². The van der Waals surface area contributed by atoms with E-state index in [1.54, 1.807) is 11.4 Å².